The molecule has 21 heavy (non-hydrogen) atoms. The first-order valence-electron chi connectivity index (χ1n) is 7.74. The highest BCUT2D eigenvalue weighted by Crippen LogP contribution is 2.20. The van der Waals surface area contributed by atoms with Gasteiger partial charge < -0.3 is 10.3 Å². The maximum Gasteiger partial charge on any atom is 0.227 e. The highest BCUT2D eigenvalue weighted by Gasteiger charge is 2.15. The van der Waals surface area contributed by atoms with Gasteiger partial charge in [0.25, 0.3) is 0 Å². The van der Waals surface area contributed by atoms with Crippen molar-refractivity contribution in [3.8, 4) is 11.4 Å². The van der Waals surface area contributed by atoms with Gasteiger partial charge in [0, 0.05) is 12.0 Å². The van der Waals surface area contributed by atoms with E-state index in [1.54, 1.807) is 0 Å². The van der Waals surface area contributed by atoms with Crippen LogP contribution in [0.5, 0.6) is 0 Å². The smallest absolute Gasteiger partial charge is 0.227 e. The standard InChI is InChI=1S/C17H25N3O/c1-4-13-5-7-15(8-6-13)17-19-16(21-20-17)10-14(11-18)9-12(2)3/h5-8,12,14H,4,9-11,18H2,1-3H3/t14-/m0/s1. The number of hydrogen-bond acceptors (Lipinski definition) is 4. The molecule has 1 heterocycles. The molecule has 0 radical (unpaired) electrons. The van der Waals surface area contributed by atoms with Crippen molar-refractivity contribution in [3.63, 3.8) is 0 Å². The van der Waals surface area contributed by atoms with Crippen molar-refractivity contribution in [1.82, 2.24) is 10.1 Å². The summed E-state index contributed by atoms with van der Waals surface area (Å²) >= 11 is 0. The molecule has 0 saturated heterocycles. The molecule has 0 fully saturated rings. The zero-order valence-corrected chi connectivity index (χ0v) is 13.2. The Morgan fingerprint density at radius 2 is 1.90 bits per heavy atom. The van der Waals surface area contributed by atoms with E-state index < -0.39 is 0 Å². The van der Waals surface area contributed by atoms with Gasteiger partial charge in [-0.1, -0.05) is 50.2 Å². The molecule has 1 atom stereocenters. The van der Waals surface area contributed by atoms with Crippen LogP contribution in [0.4, 0.5) is 0 Å². The Labute approximate surface area is 126 Å². The van der Waals surface area contributed by atoms with E-state index in [1.165, 1.54) is 5.56 Å². The number of nitrogens with zero attached hydrogens (tertiary/aromatic N) is 2. The Balaban J connectivity index is 2.06. The fraction of sp³-hybridized carbons (Fsp3) is 0.529. The molecule has 114 valence electrons. The number of rotatable bonds is 7. The zero-order valence-electron chi connectivity index (χ0n) is 13.2. The van der Waals surface area contributed by atoms with Gasteiger partial charge in [-0.3, -0.25) is 0 Å². The van der Waals surface area contributed by atoms with Crippen LogP contribution in [-0.4, -0.2) is 16.7 Å². The first-order chi connectivity index (χ1) is 10.1. The third-order valence-electron chi connectivity index (χ3n) is 3.69. The molecule has 0 bridgehead atoms. The first kappa shape index (κ1) is 15.7. The number of aromatic nitrogens is 2. The van der Waals surface area contributed by atoms with Crippen molar-refractivity contribution in [2.45, 2.75) is 40.0 Å². The van der Waals surface area contributed by atoms with Crippen LogP contribution in [0.3, 0.4) is 0 Å². The van der Waals surface area contributed by atoms with E-state index in [9.17, 15) is 0 Å². The monoisotopic (exact) mass is 287 g/mol. The van der Waals surface area contributed by atoms with Gasteiger partial charge in [-0.2, -0.15) is 4.98 Å². The second-order valence-electron chi connectivity index (χ2n) is 6.00. The molecule has 2 rings (SSSR count). The first-order valence-corrected chi connectivity index (χ1v) is 7.74. The van der Waals surface area contributed by atoms with Gasteiger partial charge in [-0.25, -0.2) is 0 Å². The molecule has 4 heteroatoms. The maximum absolute atomic E-state index is 5.83. The fourth-order valence-electron chi connectivity index (χ4n) is 2.52. The molecule has 0 aliphatic carbocycles. The molecule has 0 saturated carbocycles. The van der Waals surface area contributed by atoms with Crippen molar-refractivity contribution < 1.29 is 4.52 Å². The van der Waals surface area contributed by atoms with Gasteiger partial charge in [0.15, 0.2) is 0 Å². The van der Waals surface area contributed by atoms with Gasteiger partial charge in [-0.05, 0) is 36.8 Å². The van der Waals surface area contributed by atoms with E-state index >= 15 is 0 Å². The van der Waals surface area contributed by atoms with Gasteiger partial charge in [0.2, 0.25) is 11.7 Å². The second-order valence-corrected chi connectivity index (χ2v) is 6.00. The lowest BCUT2D eigenvalue weighted by molar-refractivity contribution is 0.332. The van der Waals surface area contributed by atoms with Crippen molar-refractivity contribution in [2.24, 2.45) is 17.6 Å². The Bertz CT molecular complexity index is 545. The lowest BCUT2D eigenvalue weighted by Gasteiger charge is -2.14. The summed E-state index contributed by atoms with van der Waals surface area (Å²) in [6.07, 6.45) is 2.87. The summed E-state index contributed by atoms with van der Waals surface area (Å²) in [5, 5.41) is 4.08. The van der Waals surface area contributed by atoms with Crippen LogP contribution < -0.4 is 5.73 Å². The Hall–Kier alpha value is -1.68. The van der Waals surface area contributed by atoms with Gasteiger partial charge in [0.05, 0.1) is 0 Å². The van der Waals surface area contributed by atoms with Crippen LogP contribution >= 0.6 is 0 Å². The Kier molecular flexibility index (Phi) is 5.51. The molecule has 0 aliphatic rings. The maximum atomic E-state index is 5.83. The quantitative estimate of drug-likeness (QED) is 0.847. The second kappa shape index (κ2) is 7.36. The highest BCUT2D eigenvalue weighted by atomic mass is 16.5. The third kappa shape index (κ3) is 4.39. The van der Waals surface area contributed by atoms with Crippen molar-refractivity contribution in [2.75, 3.05) is 6.54 Å². The van der Waals surface area contributed by atoms with Crippen LogP contribution in [0.2, 0.25) is 0 Å². The van der Waals surface area contributed by atoms with Crippen LogP contribution in [0.15, 0.2) is 28.8 Å². The molecule has 0 amide bonds. The minimum Gasteiger partial charge on any atom is -0.339 e. The number of aryl methyl sites for hydroxylation is 1. The summed E-state index contributed by atoms with van der Waals surface area (Å²) in [4.78, 5) is 4.50. The molecule has 1 aromatic heterocycles. The van der Waals surface area contributed by atoms with Crippen molar-refractivity contribution in [3.05, 3.63) is 35.7 Å². The van der Waals surface area contributed by atoms with Crippen molar-refractivity contribution in [1.29, 1.82) is 0 Å². The van der Waals surface area contributed by atoms with E-state index in [-0.39, 0.29) is 0 Å². The summed E-state index contributed by atoms with van der Waals surface area (Å²) in [5.41, 5.74) is 8.13. The lowest BCUT2D eigenvalue weighted by atomic mass is 9.94. The number of hydrogen-bond donors (Lipinski definition) is 1. The fourth-order valence-corrected chi connectivity index (χ4v) is 2.52. The predicted octanol–water partition coefficient (Wildman–Crippen LogP) is 3.46. The Morgan fingerprint density at radius 3 is 2.48 bits per heavy atom. The van der Waals surface area contributed by atoms with Crippen LogP contribution in [-0.2, 0) is 12.8 Å². The molecule has 1 aromatic carbocycles. The van der Waals surface area contributed by atoms with Gasteiger partial charge >= 0.3 is 0 Å². The minimum absolute atomic E-state index is 0.403. The molecule has 2 aromatic rings. The van der Waals surface area contributed by atoms with E-state index in [0.717, 1.165) is 24.8 Å². The summed E-state index contributed by atoms with van der Waals surface area (Å²) in [6.45, 7) is 7.21. The molecule has 0 aliphatic heterocycles. The summed E-state index contributed by atoms with van der Waals surface area (Å²) in [6, 6.07) is 8.30. The largest absolute Gasteiger partial charge is 0.339 e. The molecular formula is C17H25N3O. The van der Waals surface area contributed by atoms with E-state index in [1.807, 2.05) is 12.1 Å². The van der Waals surface area contributed by atoms with Gasteiger partial charge in [-0.15, -0.1) is 0 Å². The summed E-state index contributed by atoms with van der Waals surface area (Å²) in [5.74, 6) is 2.37. The van der Waals surface area contributed by atoms with Crippen molar-refractivity contribution >= 4 is 0 Å². The number of benzene rings is 1. The zero-order chi connectivity index (χ0) is 15.2. The van der Waals surface area contributed by atoms with Crippen LogP contribution in [0.25, 0.3) is 11.4 Å². The molecule has 2 N–H and O–H groups in total. The van der Waals surface area contributed by atoms with Gasteiger partial charge in [0.1, 0.15) is 0 Å². The summed E-state index contributed by atoms with van der Waals surface area (Å²) in [7, 11) is 0. The lowest BCUT2D eigenvalue weighted by Crippen LogP contribution is -2.19. The number of nitrogens with two attached hydrogens (primary N) is 1. The average Bonchev–Trinajstić information content (AvgIpc) is 2.94. The molecular weight excluding hydrogens is 262 g/mol. The normalized spacial score (nSPS) is 12.8. The third-order valence-corrected chi connectivity index (χ3v) is 3.69. The van der Waals surface area contributed by atoms with Crippen LogP contribution in [0.1, 0.15) is 38.6 Å². The van der Waals surface area contributed by atoms with E-state index in [2.05, 4.69) is 43.0 Å². The van der Waals surface area contributed by atoms with E-state index in [4.69, 9.17) is 10.3 Å². The van der Waals surface area contributed by atoms with Crippen LogP contribution in [0, 0.1) is 11.8 Å². The Morgan fingerprint density at radius 1 is 1.19 bits per heavy atom. The molecule has 0 unspecified atom stereocenters. The predicted molar refractivity (Wildman–Crippen MR) is 84.8 cm³/mol. The molecule has 0 spiro atoms. The average molecular weight is 287 g/mol. The topological polar surface area (TPSA) is 64.9 Å². The minimum atomic E-state index is 0.403. The highest BCUT2D eigenvalue weighted by molar-refractivity contribution is 5.54. The van der Waals surface area contributed by atoms with E-state index in [0.29, 0.717) is 30.1 Å². The summed E-state index contributed by atoms with van der Waals surface area (Å²) < 4.78 is 5.37. The SMILES string of the molecule is CCc1ccc(-c2noc(C[C@@H](CN)CC(C)C)n2)cc1. The molecule has 4 nitrogen and oxygen atoms in total.